The van der Waals surface area contributed by atoms with E-state index in [1.807, 2.05) is 0 Å². The second kappa shape index (κ2) is 4.90. The third-order valence-corrected chi connectivity index (χ3v) is 1.24. The van der Waals surface area contributed by atoms with Crippen LogP contribution in [0.4, 0.5) is 0 Å². The summed E-state index contributed by atoms with van der Waals surface area (Å²) in [5, 5.41) is 0.975. The monoisotopic (exact) mass is 160 g/mol. The van der Waals surface area contributed by atoms with E-state index in [-0.39, 0.29) is 29.6 Å². The summed E-state index contributed by atoms with van der Waals surface area (Å²) in [5.41, 5.74) is 0. The molecule has 8 heavy (non-hydrogen) atoms. The summed E-state index contributed by atoms with van der Waals surface area (Å²) in [6.07, 6.45) is 1.39. The predicted octanol–water partition coefficient (Wildman–Crippen LogP) is -2.60. The maximum absolute atomic E-state index is 9.96. The predicted molar refractivity (Wildman–Crippen MR) is 31.1 cm³/mol. The van der Waals surface area contributed by atoms with E-state index in [0.717, 1.165) is 5.41 Å². The van der Waals surface area contributed by atoms with Crippen molar-refractivity contribution in [2.24, 2.45) is 0 Å². The van der Waals surface area contributed by atoms with Crippen molar-refractivity contribution in [1.29, 1.82) is 0 Å². The van der Waals surface area contributed by atoms with Gasteiger partial charge in [-0.2, -0.15) is 0 Å². The summed E-state index contributed by atoms with van der Waals surface area (Å²) >= 11 is 3.97. The summed E-state index contributed by atoms with van der Waals surface area (Å²) in [5.74, 6) is 0. The van der Waals surface area contributed by atoms with Crippen LogP contribution in [-0.2, 0) is 20.0 Å². The Hall–Kier alpha value is 1.07. The zero-order valence-electron chi connectivity index (χ0n) is 4.79. The fourth-order valence-corrected chi connectivity index (χ4v) is 0.833. The summed E-state index contributed by atoms with van der Waals surface area (Å²) in [4.78, 5) is 0. The number of hydrogen-bond donors (Lipinski definition) is 0. The Morgan fingerprint density at radius 2 is 2.12 bits per heavy atom. The fourth-order valence-electron chi connectivity index (χ4n) is 0.167. The number of allylic oxidation sites excluding steroid dienone is 1. The second-order valence-electron chi connectivity index (χ2n) is 0.962. The molecular formula is C3H5NaO2S2. The van der Waals surface area contributed by atoms with Crippen molar-refractivity contribution in [3.63, 3.8) is 0 Å². The smallest absolute Gasteiger partial charge is 0.766 e. The Morgan fingerprint density at radius 1 is 1.75 bits per heavy atom. The van der Waals surface area contributed by atoms with Gasteiger partial charge in [0.1, 0.15) is 0 Å². The average molecular weight is 160 g/mol. The molecule has 1 unspecified atom stereocenters. The average Bonchev–Trinajstić information content (AvgIpc) is 1.30. The topological polar surface area (TPSA) is 40.1 Å². The van der Waals surface area contributed by atoms with Crippen molar-refractivity contribution < 1.29 is 38.3 Å². The Bertz CT molecular complexity index is 158. The molecule has 0 spiro atoms. The molecular weight excluding hydrogens is 155 g/mol. The van der Waals surface area contributed by atoms with Crippen LogP contribution in [0.15, 0.2) is 11.5 Å². The van der Waals surface area contributed by atoms with Crippen LogP contribution in [0.5, 0.6) is 0 Å². The fraction of sp³-hybridized carbons (Fsp3) is 0.333. The van der Waals surface area contributed by atoms with Crippen LogP contribution in [0.25, 0.3) is 0 Å². The van der Waals surface area contributed by atoms with Crippen LogP contribution >= 0.6 is 0 Å². The molecule has 0 saturated heterocycles. The molecule has 0 aromatic carbocycles. The molecule has 5 heteroatoms. The minimum atomic E-state index is -3.27. The van der Waals surface area contributed by atoms with Crippen LogP contribution in [0.1, 0.15) is 6.92 Å². The van der Waals surface area contributed by atoms with E-state index in [4.69, 9.17) is 0 Å². The van der Waals surface area contributed by atoms with E-state index in [9.17, 15) is 8.76 Å². The van der Waals surface area contributed by atoms with Gasteiger partial charge in [0.05, 0.1) is 0 Å². The summed E-state index contributed by atoms with van der Waals surface area (Å²) in [7, 11) is -3.27. The molecule has 0 aromatic rings. The van der Waals surface area contributed by atoms with Gasteiger partial charge < -0.3 is 4.55 Å². The molecule has 0 aliphatic rings. The molecule has 1 atom stereocenters. The Morgan fingerprint density at radius 3 is 2.12 bits per heavy atom. The van der Waals surface area contributed by atoms with Gasteiger partial charge in [-0.1, -0.05) is 6.08 Å². The van der Waals surface area contributed by atoms with Crippen LogP contribution < -0.4 is 29.6 Å². The standard InChI is InChI=1S/C3H6O2S2.Na/c1-2-3-7(4,5)6;/h2-3H,1H3,(H,4,5,6);/q;+1/p-1/b3-2+;. The molecule has 0 saturated carbocycles. The zero-order chi connectivity index (χ0) is 5.91. The van der Waals surface area contributed by atoms with Crippen molar-refractivity contribution in [3.8, 4) is 0 Å². The first-order chi connectivity index (χ1) is 3.06. The van der Waals surface area contributed by atoms with Gasteiger partial charge in [-0.05, 0) is 32.3 Å². The van der Waals surface area contributed by atoms with Crippen molar-refractivity contribution in [1.82, 2.24) is 0 Å². The first-order valence-electron chi connectivity index (χ1n) is 1.65. The van der Waals surface area contributed by atoms with Gasteiger partial charge in [0.2, 0.25) is 0 Å². The molecule has 0 aromatic heterocycles. The van der Waals surface area contributed by atoms with Gasteiger partial charge in [-0.25, -0.2) is 0 Å². The Labute approximate surface area is 76.1 Å². The van der Waals surface area contributed by atoms with Crippen LogP contribution in [-0.4, -0.2) is 8.76 Å². The van der Waals surface area contributed by atoms with Crippen molar-refractivity contribution in [3.05, 3.63) is 11.5 Å². The molecule has 0 radical (unpaired) electrons. The van der Waals surface area contributed by atoms with Gasteiger partial charge in [-0.3, -0.25) is 4.21 Å². The van der Waals surface area contributed by atoms with Crippen molar-refractivity contribution in [2.75, 3.05) is 0 Å². The largest absolute Gasteiger partial charge is 1.00 e. The third-order valence-electron chi connectivity index (χ3n) is 0.303. The summed E-state index contributed by atoms with van der Waals surface area (Å²) in [6, 6.07) is 0. The second-order valence-corrected chi connectivity index (χ2v) is 3.61. The molecule has 0 amide bonds. The van der Waals surface area contributed by atoms with Crippen molar-refractivity contribution in [2.45, 2.75) is 6.92 Å². The normalized spacial score (nSPS) is 17.2. The molecule has 0 N–H and O–H groups in total. The van der Waals surface area contributed by atoms with E-state index in [2.05, 4.69) is 11.2 Å². The summed E-state index contributed by atoms with van der Waals surface area (Å²) in [6.45, 7) is 1.60. The number of hydrogen-bond acceptors (Lipinski definition) is 3. The van der Waals surface area contributed by atoms with E-state index >= 15 is 0 Å². The van der Waals surface area contributed by atoms with E-state index in [1.165, 1.54) is 6.08 Å². The molecule has 0 aliphatic heterocycles. The zero-order valence-corrected chi connectivity index (χ0v) is 8.42. The molecule has 0 bridgehead atoms. The molecule has 0 fully saturated rings. The maximum atomic E-state index is 9.96. The van der Waals surface area contributed by atoms with E-state index in [1.54, 1.807) is 6.92 Å². The Kier molecular flexibility index (Phi) is 7.24. The third kappa shape index (κ3) is 10.1. The van der Waals surface area contributed by atoms with Gasteiger partial charge in [0.15, 0.2) is 0 Å². The summed E-state index contributed by atoms with van der Waals surface area (Å²) < 4.78 is 19.9. The van der Waals surface area contributed by atoms with E-state index in [0.29, 0.717) is 0 Å². The molecule has 42 valence electrons. The quantitative estimate of drug-likeness (QED) is 0.395. The molecule has 0 aliphatic carbocycles. The first kappa shape index (κ1) is 11.8. The van der Waals surface area contributed by atoms with Gasteiger partial charge in [-0.15, -0.1) is 0 Å². The maximum Gasteiger partial charge on any atom is 1.00 e. The SMILES string of the molecule is C/C=C/S(=O)([O-])=S.[Na+]. The van der Waals surface area contributed by atoms with Crippen LogP contribution in [0, 0.1) is 0 Å². The first-order valence-corrected chi connectivity index (χ1v) is 4.12. The minimum absolute atomic E-state index is 0. The van der Waals surface area contributed by atoms with Crippen molar-refractivity contribution >= 4 is 20.0 Å². The Balaban J connectivity index is 0. The van der Waals surface area contributed by atoms with Crippen LogP contribution in [0.2, 0.25) is 0 Å². The van der Waals surface area contributed by atoms with Gasteiger partial charge in [0, 0.05) is 0 Å². The van der Waals surface area contributed by atoms with E-state index < -0.39 is 8.77 Å². The molecule has 0 rings (SSSR count). The molecule has 0 heterocycles. The number of rotatable bonds is 1. The molecule has 2 nitrogen and oxygen atoms in total. The van der Waals surface area contributed by atoms with Gasteiger partial charge >= 0.3 is 29.6 Å². The minimum Gasteiger partial charge on any atom is -0.766 e. The van der Waals surface area contributed by atoms with Gasteiger partial charge in [0.25, 0.3) is 0 Å². The van der Waals surface area contributed by atoms with Crippen LogP contribution in [0.3, 0.4) is 0 Å².